The largest absolute Gasteiger partial charge is 0.385 e. The highest BCUT2D eigenvalue weighted by atomic mass is 16.5. The highest BCUT2D eigenvalue weighted by Crippen LogP contribution is 2.26. The molecule has 0 aromatic heterocycles. The summed E-state index contributed by atoms with van der Waals surface area (Å²) in [6.45, 7) is 3.70. The molecule has 1 aromatic rings. The average Bonchev–Trinajstić information content (AvgIpc) is 2.46. The number of rotatable bonds is 8. The number of nitrogens with one attached hydrogen (secondary N) is 1. The molecule has 1 aliphatic heterocycles. The van der Waals surface area contributed by atoms with Crippen LogP contribution in [0.15, 0.2) is 24.3 Å². The van der Waals surface area contributed by atoms with E-state index in [0.717, 1.165) is 39.1 Å². The van der Waals surface area contributed by atoms with E-state index >= 15 is 0 Å². The minimum Gasteiger partial charge on any atom is -0.385 e. The number of benzene rings is 1. The lowest BCUT2D eigenvalue weighted by Crippen LogP contribution is -2.28. The fraction of sp³-hybridized carbons (Fsp3) is 0.625. The fourth-order valence-electron chi connectivity index (χ4n) is 2.55. The zero-order valence-electron chi connectivity index (χ0n) is 11.9. The molecule has 0 amide bonds. The first-order valence-corrected chi connectivity index (χ1v) is 7.31. The Morgan fingerprint density at radius 2 is 2.16 bits per heavy atom. The van der Waals surface area contributed by atoms with Gasteiger partial charge in [0, 0.05) is 20.3 Å². The highest BCUT2D eigenvalue weighted by molar-refractivity contribution is 5.31. The summed E-state index contributed by atoms with van der Waals surface area (Å²) in [5.74, 6) is 0. The molecule has 0 aliphatic carbocycles. The van der Waals surface area contributed by atoms with Crippen molar-refractivity contribution in [2.75, 3.05) is 33.4 Å². The van der Waals surface area contributed by atoms with Gasteiger partial charge in [0.15, 0.2) is 0 Å². The summed E-state index contributed by atoms with van der Waals surface area (Å²) in [5, 5.41) is 3.51. The molecule has 3 nitrogen and oxygen atoms in total. The third-order valence-electron chi connectivity index (χ3n) is 3.62. The minimum atomic E-state index is 0.226. The molecule has 1 unspecified atom stereocenters. The van der Waals surface area contributed by atoms with Crippen LogP contribution in [0.3, 0.4) is 0 Å². The molecule has 0 spiro atoms. The molecule has 1 aliphatic rings. The van der Waals surface area contributed by atoms with Crippen molar-refractivity contribution in [2.24, 2.45) is 0 Å². The first kappa shape index (κ1) is 14.5. The van der Waals surface area contributed by atoms with E-state index in [9.17, 15) is 0 Å². The van der Waals surface area contributed by atoms with Crippen LogP contribution in [0.2, 0.25) is 0 Å². The Labute approximate surface area is 116 Å². The third kappa shape index (κ3) is 4.60. The van der Waals surface area contributed by atoms with E-state index < -0.39 is 0 Å². The van der Waals surface area contributed by atoms with Crippen LogP contribution in [-0.2, 0) is 15.9 Å². The summed E-state index contributed by atoms with van der Waals surface area (Å²) >= 11 is 0. The quantitative estimate of drug-likeness (QED) is 0.732. The zero-order chi connectivity index (χ0) is 13.3. The predicted molar refractivity (Wildman–Crippen MR) is 77.4 cm³/mol. The van der Waals surface area contributed by atoms with Crippen LogP contribution in [0.5, 0.6) is 0 Å². The second kappa shape index (κ2) is 8.31. The lowest BCUT2D eigenvalue weighted by atomic mass is 9.97. The molecule has 106 valence electrons. The minimum absolute atomic E-state index is 0.226. The third-order valence-corrected chi connectivity index (χ3v) is 3.62. The average molecular weight is 263 g/mol. The first-order chi connectivity index (χ1) is 9.42. The maximum Gasteiger partial charge on any atom is 0.0952 e. The maximum absolute atomic E-state index is 5.87. The molecule has 1 atom stereocenters. The molecule has 1 N–H and O–H groups in total. The lowest BCUT2D eigenvalue weighted by Gasteiger charge is -2.26. The molecule has 3 heteroatoms. The Morgan fingerprint density at radius 3 is 3.05 bits per heavy atom. The molecule has 0 bridgehead atoms. The van der Waals surface area contributed by atoms with E-state index in [2.05, 4.69) is 29.6 Å². The SMILES string of the molecule is COCCCCCNCC1OCCc2ccccc21. The van der Waals surface area contributed by atoms with E-state index in [1.807, 2.05) is 0 Å². The summed E-state index contributed by atoms with van der Waals surface area (Å²) in [6.07, 6.45) is 4.86. The van der Waals surface area contributed by atoms with Crippen molar-refractivity contribution >= 4 is 0 Å². The van der Waals surface area contributed by atoms with Crippen LogP contribution in [0, 0.1) is 0 Å². The van der Waals surface area contributed by atoms with Crippen LogP contribution < -0.4 is 5.32 Å². The van der Waals surface area contributed by atoms with Crippen LogP contribution in [0.4, 0.5) is 0 Å². The summed E-state index contributed by atoms with van der Waals surface area (Å²) in [6, 6.07) is 8.63. The van der Waals surface area contributed by atoms with Gasteiger partial charge in [0.25, 0.3) is 0 Å². The normalized spacial score (nSPS) is 18.3. The number of hydrogen-bond donors (Lipinski definition) is 1. The van der Waals surface area contributed by atoms with Gasteiger partial charge in [-0.05, 0) is 43.4 Å². The van der Waals surface area contributed by atoms with Crippen molar-refractivity contribution < 1.29 is 9.47 Å². The monoisotopic (exact) mass is 263 g/mol. The highest BCUT2D eigenvalue weighted by Gasteiger charge is 2.19. The van der Waals surface area contributed by atoms with Crippen molar-refractivity contribution in [3.8, 4) is 0 Å². The lowest BCUT2D eigenvalue weighted by molar-refractivity contribution is 0.0426. The van der Waals surface area contributed by atoms with Crippen LogP contribution in [0.1, 0.15) is 36.5 Å². The Morgan fingerprint density at radius 1 is 1.26 bits per heavy atom. The van der Waals surface area contributed by atoms with E-state index in [-0.39, 0.29) is 6.10 Å². The van der Waals surface area contributed by atoms with E-state index in [0.29, 0.717) is 0 Å². The maximum atomic E-state index is 5.87. The van der Waals surface area contributed by atoms with E-state index in [4.69, 9.17) is 9.47 Å². The van der Waals surface area contributed by atoms with Gasteiger partial charge in [-0.3, -0.25) is 0 Å². The molecular weight excluding hydrogens is 238 g/mol. The van der Waals surface area contributed by atoms with Crippen LogP contribution in [0.25, 0.3) is 0 Å². The molecule has 1 aromatic carbocycles. The Bertz CT molecular complexity index is 368. The Kier molecular flexibility index (Phi) is 6.34. The summed E-state index contributed by atoms with van der Waals surface area (Å²) in [5.41, 5.74) is 2.81. The molecule has 0 fully saturated rings. The van der Waals surface area contributed by atoms with Crippen LogP contribution in [-0.4, -0.2) is 33.4 Å². The van der Waals surface area contributed by atoms with Gasteiger partial charge in [-0.25, -0.2) is 0 Å². The van der Waals surface area contributed by atoms with Gasteiger partial charge in [0.05, 0.1) is 12.7 Å². The number of fused-ring (bicyclic) bond motifs is 1. The molecule has 2 rings (SSSR count). The molecular formula is C16H25NO2. The summed E-state index contributed by atoms with van der Waals surface area (Å²) in [4.78, 5) is 0. The molecule has 0 saturated carbocycles. The number of hydrogen-bond acceptors (Lipinski definition) is 3. The predicted octanol–water partition coefficient (Wildman–Crippen LogP) is 2.71. The van der Waals surface area contributed by atoms with E-state index in [1.165, 1.54) is 24.0 Å². The van der Waals surface area contributed by atoms with Crippen molar-refractivity contribution in [3.63, 3.8) is 0 Å². The van der Waals surface area contributed by atoms with Crippen molar-refractivity contribution in [2.45, 2.75) is 31.8 Å². The summed E-state index contributed by atoms with van der Waals surface area (Å²) in [7, 11) is 1.76. The number of methoxy groups -OCH3 is 1. The van der Waals surface area contributed by atoms with Gasteiger partial charge in [-0.2, -0.15) is 0 Å². The van der Waals surface area contributed by atoms with Gasteiger partial charge in [-0.1, -0.05) is 24.3 Å². The standard InChI is InChI=1S/C16H25NO2/c1-18-11-6-2-5-10-17-13-16-15-8-4-3-7-14(15)9-12-19-16/h3-4,7-8,16-17H,2,5-6,9-13H2,1H3. The number of ether oxygens (including phenoxy) is 2. The second-order valence-corrected chi connectivity index (χ2v) is 5.07. The van der Waals surface area contributed by atoms with Crippen molar-refractivity contribution in [3.05, 3.63) is 35.4 Å². The van der Waals surface area contributed by atoms with Crippen molar-refractivity contribution in [1.29, 1.82) is 0 Å². The van der Waals surface area contributed by atoms with Gasteiger partial charge >= 0.3 is 0 Å². The Hall–Kier alpha value is -0.900. The molecule has 0 saturated heterocycles. The molecule has 19 heavy (non-hydrogen) atoms. The summed E-state index contributed by atoms with van der Waals surface area (Å²) < 4.78 is 10.9. The Balaban J connectivity index is 1.67. The van der Waals surface area contributed by atoms with Crippen molar-refractivity contribution in [1.82, 2.24) is 5.32 Å². The van der Waals surface area contributed by atoms with Gasteiger partial charge < -0.3 is 14.8 Å². The molecule has 1 heterocycles. The smallest absolute Gasteiger partial charge is 0.0952 e. The first-order valence-electron chi connectivity index (χ1n) is 7.31. The second-order valence-electron chi connectivity index (χ2n) is 5.07. The van der Waals surface area contributed by atoms with Gasteiger partial charge in [0.2, 0.25) is 0 Å². The number of unbranched alkanes of at least 4 members (excludes halogenated alkanes) is 2. The topological polar surface area (TPSA) is 30.5 Å². The van der Waals surface area contributed by atoms with Crippen LogP contribution >= 0.6 is 0 Å². The molecule has 0 radical (unpaired) electrons. The van der Waals surface area contributed by atoms with E-state index in [1.54, 1.807) is 7.11 Å². The fourth-order valence-corrected chi connectivity index (χ4v) is 2.55. The zero-order valence-corrected chi connectivity index (χ0v) is 11.9. The van der Waals surface area contributed by atoms with Gasteiger partial charge in [-0.15, -0.1) is 0 Å². The van der Waals surface area contributed by atoms with Gasteiger partial charge in [0.1, 0.15) is 0 Å².